The second-order valence-corrected chi connectivity index (χ2v) is 8.18. The maximum atomic E-state index is 13.1. The van der Waals surface area contributed by atoms with Crippen LogP contribution in [0.4, 0.5) is 0 Å². The van der Waals surface area contributed by atoms with Crippen LogP contribution < -0.4 is 5.32 Å². The van der Waals surface area contributed by atoms with Crippen LogP contribution in [0.25, 0.3) is 0 Å². The van der Waals surface area contributed by atoms with E-state index in [1.165, 1.54) is 6.42 Å². The zero-order valence-electron chi connectivity index (χ0n) is 16.2. The van der Waals surface area contributed by atoms with Gasteiger partial charge < -0.3 is 19.5 Å². The van der Waals surface area contributed by atoms with Gasteiger partial charge in [0.25, 0.3) is 11.8 Å². The lowest BCUT2D eigenvalue weighted by molar-refractivity contribution is 0.0664. The Balaban J connectivity index is 1.53. The first-order chi connectivity index (χ1) is 13.1. The van der Waals surface area contributed by atoms with Gasteiger partial charge in [-0.05, 0) is 50.9 Å². The summed E-state index contributed by atoms with van der Waals surface area (Å²) in [6.45, 7) is 5.80. The highest BCUT2D eigenvalue weighted by Crippen LogP contribution is 2.24. The Morgan fingerprint density at radius 3 is 2.85 bits per heavy atom. The van der Waals surface area contributed by atoms with Gasteiger partial charge in [0.15, 0.2) is 5.82 Å². The molecule has 3 aliphatic heterocycles. The van der Waals surface area contributed by atoms with Crippen molar-refractivity contribution in [2.75, 3.05) is 26.2 Å². The Bertz CT molecular complexity index is 708. The van der Waals surface area contributed by atoms with Crippen LogP contribution in [0.2, 0.25) is 0 Å². The molecule has 27 heavy (non-hydrogen) atoms. The number of likely N-dealkylation sites (tertiary alicyclic amines) is 1. The van der Waals surface area contributed by atoms with Gasteiger partial charge in [0.1, 0.15) is 5.69 Å². The molecule has 0 bridgehead atoms. The summed E-state index contributed by atoms with van der Waals surface area (Å²) in [4.78, 5) is 32.3. The lowest BCUT2D eigenvalue weighted by Gasteiger charge is -2.31. The Morgan fingerprint density at radius 1 is 1.19 bits per heavy atom. The number of ether oxygens (including phenoxy) is 1. The molecule has 2 fully saturated rings. The van der Waals surface area contributed by atoms with E-state index in [0.29, 0.717) is 24.0 Å². The highest BCUT2D eigenvalue weighted by molar-refractivity contribution is 5.97. The first-order valence-corrected chi connectivity index (χ1v) is 10.4. The number of carbonyl (C=O) groups excluding carboxylic acids is 2. The fourth-order valence-corrected chi connectivity index (χ4v) is 4.50. The molecule has 2 unspecified atom stereocenters. The molecule has 2 saturated heterocycles. The van der Waals surface area contributed by atoms with E-state index < -0.39 is 0 Å². The van der Waals surface area contributed by atoms with Crippen LogP contribution >= 0.6 is 0 Å². The largest absolute Gasteiger partial charge is 0.376 e. The third-order valence-electron chi connectivity index (χ3n) is 5.98. The predicted molar refractivity (Wildman–Crippen MR) is 101 cm³/mol. The van der Waals surface area contributed by atoms with E-state index in [1.54, 1.807) is 0 Å². The van der Waals surface area contributed by atoms with E-state index in [-0.39, 0.29) is 17.9 Å². The summed E-state index contributed by atoms with van der Waals surface area (Å²) in [6, 6.07) is 0. The molecular formula is C20H30N4O3. The Hall–Kier alpha value is -1.89. The Labute approximate surface area is 160 Å². The second kappa shape index (κ2) is 8.00. The summed E-state index contributed by atoms with van der Waals surface area (Å²) in [5.74, 6) is 0.763. The van der Waals surface area contributed by atoms with Crippen molar-refractivity contribution in [1.82, 2.24) is 19.8 Å². The molecule has 3 aliphatic rings. The molecule has 0 aliphatic carbocycles. The predicted octanol–water partition coefficient (Wildman–Crippen LogP) is 2.00. The van der Waals surface area contributed by atoms with Crippen LogP contribution in [0.15, 0.2) is 0 Å². The van der Waals surface area contributed by atoms with E-state index in [9.17, 15) is 9.59 Å². The summed E-state index contributed by atoms with van der Waals surface area (Å²) < 4.78 is 7.58. The average Bonchev–Trinajstić information content (AvgIpc) is 3.33. The first kappa shape index (κ1) is 18.5. The van der Waals surface area contributed by atoms with Crippen LogP contribution in [0.5, 0.6) is 0 Å². The van der Waals surface area contributed by atoms with E-state index >= 15 is 0 Å². The number of amides is 2. The summed E-state index contributed by atoms with van der Waals surface area (Å²) in [5.41, 5.74) is 1.35. The van der Waals surface area contributed by atoms with Crippen molar-refractivity contribution in [2.24, 2.45) is 5.92 Å². The molecule has 4 rings (SSSR count). The highest BCUT2D eigenvalue weighted by Gasteiger charge is 2.31. The van der Waals surface area contributed by atoms with Crippen molar-refractivity contribution in [3.63, 3.8) is 0 Å². The van der Waals surface area contributed by atoms with Crippen LogP contribution in [0.3, 0.4) is 0 Å². The van der Waals surface area contributed by atoms with Crippen LogP contribution in [-0.4, -0.2) is 58.6 Å². The normalized spacial score (nSPS) is 25.3. The van der Waals surface area contributed by atoms with Gasteiger partial charge >= 0.3 is 0 Å². The van der Waals surface area contributed by atoms with E-state index in [4.69, 9.17) is 4.74 Å². The molecule has 0 aromatic carbocycles. The number of imidazole rings is 1. The lowest BCUT2D eigenvalue weighted by atomic mass is 10.0. The van der Waals surface area contributed by atoms with Crippen molar-refractivity contribution < 1.29 is 14.3 Å². The molecule has 1 aromatic rings. The minimum atomic E-state index is -0.179. The first-order valence-electron chi connectivity index (χ1n) is 10.4. The summed E-state index contributed by atoms with van der Waals surface area (Å²) in [7, 11) is 0. The van der Waals surface area contributed by atoms with E-state index in [2.05, 4.69) is 17.2 Å². The number of hydrogen-bond donors (Lipinski definition) is 1. The number of rotatable bonds is 4. The quantitative estimate of drug-likeness (QED) is 0.875. The molecule has 2 atom stereocenters. The molecule has 0 saturated carbocycles. The van der Waals surface area contributed by atoms with Crippen molar-refractivity contribution in [3.8, 4) is 0 Å². The number of aromatic nitrogens is 2. The summed E-state index contributed by atoms with van der Waals surface area (Å²) >= 11 is 0. The third-order valence-corrected chi connectivity index (χ3v) is 5.98. The van der Waals surface area contributed by atoms with Gasteiger partial charge in [-0.15, -0.1) is 0 Å². The standard InChI is InChI=1S/C20H30N4O3/c1-14-6-4-9-23(13-14)20(26)18-22-17(16-8-2-3-10-24(16)18)19(25)21-12-15-7-5-11-27-15/h14-15H,2-13H2,1H3,(H,21,25). The van der Waals surface area contributed by atoms with Crippen LogP contribution in [0, 0.1) is 5.92 Å². The smallest absolute Gasteiger partial charge is 0.289 e. The van der Waals surface area contributed by atoms with Crippen molar-refractivity contribution in [3.05, 3.63) is 17.2 Å². The molecule has 1 N–H and O–H groups in total. The second-order valence-electron chi connectivity index (χ2n) is 8.18. The van der Waals surface area contributed by atoms with Crippen LogP contribution in [-0.2, 0) is 17.7 Å². The monoisotopic (exact) mass is 374 g/mol. The molecular weight excluding hydrogens is 344 g/mol. The zero-order valence-corrected chi connectivity index (χ0v) is 16.2. The van der Waals surface area contributed by atoms with Gasteiger partial charge in [-0.2, -0.15) is 0 Å². The lowest BCUT2D eigenvalue weighted by Crippen LogP contribution is -2.40. The summed E-state index contributed by atoms with van der Waals surface area (Å²) in [5, 5.41) is 2.97. The maximum Gasteiger partial charge on any atom is 0.289 e. The molecule has 0 radical (unpaired) electrons. The molecule has 0 spiro atoms. The molecule has 7 nitrogen and oxygen atoms in total. The number of hydrogen-bond acceptors (Lipinski definition) is 4. The molecule has 7 heteroatoms. The topological polar surface area (TPSA) is 76.5 Å². The average molecular weight is 374 g/mol. The third kappa shape index (κ3) is 3.88. The Kier molecular flexibility index (Phi) is 5.48. The molecule has 148 valence electrons. The van der Waals surface area contributed by atoms with Crippen molar-refractivity contribution >= 4 is 11.8 Å². The maximum absolute atomic E-state index is 13.1. The van der Waals surface area contributed by atoms with Gasteiger partial charge in [-0.1, -0.05) is 6.92 Å². The number of fused-ring (bicyclic) bond motifs is 1. The zero-order chi connectivity index (χ0) is 18.8. The number of piperidine rings is 1. The number of carbonyl (C=O) groups is 2. The fraction of sp³-hybridized carbons (Fsp3) is 0.750. The van der Waals surface area contributed by atoms with E-state index in [1.807, 2.05) is 9.47 Å². The molecule has 1 aromatic heterocycles. The van der Waals surface area contributed by atoms with Gasteiger partial charge in [-0.3, -0.25) is 9.59 Å². The summed E-state index contributed by atoms with van der Waals surface area (Å²) in [6.07, 6.45) is 7.20. The fourth-order valence-electron chi connectivity index (χ4n) is 4.50. The van der Waals surface area contributed by atoms with Crippen LogP contribution in [0.1, 0.15) is 72.3 Å². The van der Waals surface area contributed by atoms with Gasteiger partial charge in [0, 0.05) is 32.8 Å². The van der Waals surface area contributed by atoms with E-state index in [0.717, 1.165) is 70.5 Å². The van der Waals surface area contributed by atoms with Crippen molar-refractivity contribution in [1.29, 1.82) is 0 Å². The van der Waals surface area contributed by atoms with Gasteiger partial charge in [0.2, 0.25) is 0 Å². The molecule has 4 heterocycles. The minimum absolute atomic E-state index is 0.0251. The SMILES string of the molecule is CC1CCCN(C(=O)c2nc(C(=O)NCC3CCCO3)c3n2CCCC3)C1. The van der Waals surface area contributed by atoms with Gasteiger partial charge in [0.05, 0.1) is 11.8 Å². The van der Waals surface area contributed by atoms with Crippen molar-refractivity contribution in [2.45, 2.75) is 64.5 Å². The minimum Gasteiger partial charge on any atom is -0.376 e. The van der Waals surface area contributed by atoms with Gasteiger partial charge in [-0.25, -0.2) is 4.98 Å². The highest BCUT2D eigenvalue weighted by atomic mass is 16.5. The molecule has 2 amide bonds. The number of nitrogens with zero attached hydrogens (tertiary/aromatic N) is 3. The Morgan fingerprint density at radius 2 is 2.07 bits per heavy atom. The number of nitrogens with one attached hydrogen (secondary N) is 1.